The standard InChI is InChI=1S/C19H24FNO3/c1-19(2,3)11-16(13-5-7-14(20)8-6-13)21-18(22)17-10-9-15(24-17)12-23-4/h5-10,16H,11-12H2,1-4H3,(H,21,22). The summed E-state index contributed by atoms with van der Waals surface area (Å²) in [6.07, 6.45) is 0.718. The van der Waals surface area contributed by atoms with Crippen molar-refractivity contribution in [2.45, 2.75) is 39.8 Å². The zero-order chi connectivity index (χ0) is 17.7. The molecule has 5 heteroatoms. The highest BCUT2D eigenvalue weighted by Gasteiger charge is 2.23. The van der Waals surface area contributed by atoms with Crippen LogP contribution in [-0.2, 0) is 11.3 Å². The summed E-state index contributed by atoms with van der Waals surface area (Å²) in [7, 11) is 1.57. The van der Waals surface area contributed by atoms with Gasteiger partial charge in [0.2, 0.25) is 0 Å². The van der Waals surface area contributed by atoms with Crippen LogP contribution in [0.3, 0.4) is 0 Å². The highest BCUT2D eigenvalue weighted by molar-refractivity contribution is 5.91. The van der Waals surface area contributed by atoms with E-state index in [0.717, 1.165) is 12.0 Å². The van der Waals surface area contributed by atoms with Gasteiger partial charge in [-0.05, 0) is 41.7 Å². The Morgan fingerprint density at radius 2 is 1.88 bits per heavy atom. The third kappa shape index (κ3) is 5.20. The molecule has 0 aliphatic carbocycles. The third-order valence-electron chi connectivity index (χ3n) is 3.57. The summed E-state index contributed by atoms with van der Waals surface area (Å²) in [4.78, 5) is 12.5. The van der Waals surface area contributed by atoms with Crippen LogP contribution in [0.1, 0.15) is 55.1 Å². The molecule has 0 saturated carbocycles. The van der Waals surface area contributed by atoms with Gasteiger partial charge in [0.25, 0.3) is 5.91 Å². The van der Waals surface area contributed by atoms with Crippen LogP contribution in [0, 0.1) is 11.2 Å². The van der Waals surface area contributed by atoms with E-state index in [0.29, 0.717) is 12.4 Å². The highest BCUT2D eigenvalue weighted by atomic mass is 19.1. The molecule has 1 N–H and O–H groups in total. The minimum Gasteiger partial charge on any atom is -0.453 e. The van der Waals surface area contributed by atoms with Crippen molar-refractivity contribution in [3.05, 3.63) is 59.3 Å². The second-order valence-corrected chi connectivity index (χ2v) is 7.04. The Morgan fingerprint density at radius 1 is 1.21 bits per heavy atom. The normalized spacial score (nSPS) is 12.9. The van der Waals surface area contributed by atoms with Crippen LogP contribution in [0.15, 0.2) is 40.8 Å². The van der Waals surface area contributed by atoms with Gasteiger partial charge < -0.3 is 14.5 Å². The molecule has 0 aliphatic rings. The van der Waals surface area contributed by atoms with Gasteiger partial charge in [0.15, 0.2) is 5.76 Å². The minimum absolute atomic E-state index is 0.00327. The first-order chi connectivity index (χ1) is 11.3. The first-order valence-electron chi connectivity index (χ1n) is 7.92. The largest absolute Gasteiger partial charge is 0.453 e. The van der Waals surface area contributed by atoms with Crippen molar-refractivity contribution in [1.82, 2.24) is 5.32 Å². The molecule has 0 saturated heterocycles. The van der Waals surface area contributed by atoms with E-state index in [9.17, 15) is 9.18 Å². The van der Waals surface area contributed by atoms with Crippen molar-refractivity contribution in [1.29, 1.82) is 0 Å². The second-order valence-electron chi connectivity index (χ2n) is 7.04. The summed E-state index contributed by atoms with van der Waals surface area (Å²) < 4.78 is 23.6. The first-order valence-corrected chi connectivity index (χ1v) is 7.92. The molecule has 0 aliphatic heterocycles. The van der Waals surface area contributed by atoms with Gasteiger partial charge in [0.1, 0.15) is 18.2 Å². The van der Waals surface area contributed by atoms with Crippen LogP contribution in [-0.4, -0.2) is 13.0 Å². The number of nitrogens with one attached hydrogen (secondary N) is 1. The molecule has 4 nitrogen and oxygen atoms in total. The van der Waals surface area contributed by atoms with Gasteiger partial charge >= 0.3 is 0 Å². The lowest BCUT2D eigenvalue weighted by Crippen LogP contribution is -2.31. The van der Waals surface area contributed by atoms with Crippen LogP contribution >= 0.6 is 0 Å². The molecule has 130 valence electrons. The van der Waals surface area contributed by atoms with Crippen LogP contribution in [0.5, 0.6) is 0 Å². The van der Waals surface area contributed by atoms with Gasteiger partial charge in [-0.1, -0.05) is 32.9 Å². The number of furan rings is 1. The van der Waals surface area contributed by atoms with Crippen LogP contribution in [0.25, 0.3) is 0 Å². The number of methoxy groups -OCH3 is 1. The molecule has 0 spiro atoms. The maximum atomic E-state index is 13.2. The maximum Gasteiger partial charge on any atom is 0.287 e. The fourth-order valence-corrected chi connectivity index (χ4v) is 2.51. The van der Waals surface area contributed by atoms with E-state index >= 15 is 0 Å². The number of amides is 1. The number of carbonyl (C=O) groups excluding carboxylic acids is 1. The summed E-state index contributed by atoms with van der Waals surface area (Å²) in [5, 5.41) is 2.99. The number of hydrogen-bond donors (Lipinski definition) is 1. The van der Waals surface area contributed by atoms with E-state index < -0.39 is 0 Å². The zero-order valence-electron chi connectivity index (χ0n) is 14.6. The molecule has 1 atom stereocenters. The Balaban J connectivity index is 2.17. The number of hydrogen-bond acceptors (Lipinski definition) is 3. The zero-order valence-corrected chi connectivity index (χ0v) is 14.6. The molecule has 24 heavy (non-hydrogen) atoms. The third-order valence-corrected chi connectivity index (χ3v) is 3.57. The molecule has 2 rings (SSSR count). The number of rotatable bonds is 6. The van der Waals surface area contributed by atoms with E-state index in [4.69, 9.17) is 9.15 Å². The highest BCUT2D eigenvalue weighted by Crippen LogP contribution is 2.30. The Kier molecular flexibility index (Phi) is 5.78. The maximum absolute atomic E-state index is 13.2. The second kappa shape index (κ2) is 7.62. The van der Waals surface area contributed by atoms with Crippen molar-refractivity contribution >= 4 is 5.91 Å². The van der Waals surface area contributed by atoms with Gasteiger partial charge in [-0.2, -0.15) is 0 Å². The molecule has 0 bridgehead atoms. The Labute approximate surface area is 142 Å². The summed E-state index contributed by atoms with van der Waals surface area (Å²) in [5.41, 5.74) is 0.861. The quantitative estimate of drug-likeness (QED) is 0.848. The molecule has 2 aromatic rings. The molecule has 1 heterocycles. The predicted molar refractivity (Wildman–Crippen MR) is 90.1 cm³/mol. The lowest BCUT2D eigenvalue weighted by atomic mass is 9.85. The van der Waals surface area contributed by atoms with Crippen molar-refractivity contribution in [3.63, 3.8) is 0 Å². The monoisotopic (exact) mass is 333 g/mol. The fraction of sp³-hybridized carbons (Fsp3) is 0.421. The summed E-state index contributed by atoms with van der Waals surface area (Å²) >= 11 is 0. The van der Waals surface area contributed by atoms with E-state index in [1.807, 2.05) is 0 Å². The lowest BCUT2D eigenvalue weighted by Gasteiger charge is -2.27. The van der Waals surface area contributed by atoms with Crippen molar-refractivity contribution < 1.29 is 18.3 Å². The Hall–Kier alpha value is -2.14. The molecule has 1 amide bonds. The summed E-state index contributed by atoms with van der Waals surface area (Å²) in [5.74, 6) is 0.241. The van der Waals surface area contributed by atoms with Gasteiger partial charge in [-0.3, -0.25) is 4.79 Å². The van der Waals surface area contributed by atoms with Crippen molar-refractivity contribution in [2.75, 3.05) is 7.11 Å². The average molecular weight is 333 g/mol. The van der Waals surface area contributed by atoms with Crippen LogP contribution in [0.2, 0.25) is 0 Å². The van der Waals surface area contributed by atoms with E-state index in [2.05, 4.69) is 26.1 Å². The predicted octanol–water partition coefficient (Wildman–Crippen LogP) is 4.47. The number of ether oxygens (including phenoxy) is 1. The van der Waals surface area contributed by atoms with Gasteiger partial charge in [-0.15, -0.1) is 0 Å². The SMILES string of the molecule is COCc1ccc(C(=O)NC(CC(C)(C)C)c2ccc(F)cc2)o1. The van der Waals surface area contributed by atoms with Crippen LogP contribution in [0.4, 0.5) is 4.39 Å². The molecule has 1 aromatic carbocycles. The summed E-state index contributed by atoms with van der Waals surface area (Å²) in [6, 6.07) is 9.32. The molecule has 1 aromatic heterocycles. The van der Waals surface area contributed by atoms with Crippen molar-refractivity contribution in [2.24, 2.45) is 5.41 Å². The first kappa shape index (κ1) is 18.2. The molecule has 0 radical (unpaired) electrons. The van der Waals surface area contributed by atoms with Crippen LogP contribution < -0.4 is 5.32 Å². The topological polar surface area (TPSA) is 51.5 Å². The van der Waals surface area contributed by atoms with E-state index in [1.54, 1.807) is 31.4 Å². The van der Waals surface area contributed by atoms with Gasteiger partial charge in [-0.25, -0.2) is 4.39 Å². The number of carbonyl (C=O) groups is 1. The molecule has 1 unspecified atom stereocenters. The van der Waals surface area contributed by atoms with Gasteiger partial charge in [0, 0.05) is 7.11 Å². The Morgan fingerprint density at radius 3 is 2.46 bits per heavy atom. The van der Waals surface area contributed by atoms with Crippen molar-refractivity contribution in [3.8, 4) is 0 Å². The van der Waals surface area contributed by atoms with Gasteiger partial charge in [0.05, 0.1) is 6.04 Å². The fourth-order valence-electron chi connectivity index (χ4n) is 2.51. The smallest absolute Gasteiger partial charge is 0.287 e. The number of halogens is 1. The molecular weight excluding hydrogens is 309 g/mol. The minimum atomic E-state index is -0.296. The molecule has 0 fully saturated rings. The molecular formula is C19H24FNO3. The Bertz CT molecular complexity index is 671. The summed E-state index contributed by atoms with van der Waals surface area (Å²) in [6.45, 7) is 6.61. The average Bonchev–Trinajstić information content (AvgIpc) is 2.95. The van der Waals surface area contributed by atoms with E-state index in [-0.39, 0.29) is 28.9 Å². The van der Waals surface area contributed by atoms with E-state index in [1.165, 1.54) is 12.1 Å². The number of benzene rings is 1. The lowest BCUT2D eigenvalue weighted by molar-refractivity contribution is 0.0889.